The van der Waals surface area contributed by atoms with E-state index in [-0.39, 0.29) is 0 Å². The van der Waals surface area contributed by atoms with Crippen molar-refractivity contribution in [2.24, 2.45) is 5.41 Å². The predicted molar refractivity (Wildman–Crippen MR) is 83.2 cm³/mol. The molecule has 2 heteroatoms. The van der Waals surface area contributed by atoms with Crippen molar-refractivity contribution in [3.05, 3.63) is 0 Å². The Hall–Kier alpha value is -0.0800. The molecule has 0 fully saturated rings. The van der Waals surface area contributed by atoms with E-state index in [1.54, 1.807) is 0 Å². The van der Waals surface area contributed by atoms with Crippen molar-refractivity contribution in [1.82, 2.24) is 10.2 Å². The SMILES string of the molecule is CCNC(CCC(C)(C)C)C(CC)(CC)N(C)C. The Balaban J connectivity index is 4.92. The Bertz CT molecular complexity index is 212. The largest absolute Gasteiger partial charge is 0.312 e. The molecule has 0 amide bonds. The average molecular weight is 256 g/mol. The van der Waals surface area contributed by atoms with Crippen LogP contribution in [-0.2, 0) is 0 Å². The van der Waals surface area contributed by atoms with Gasteiger partial charge >= 0.3 is 0 Å². The normalized spacial score (nSPS) is 15.2. The number of rotatable bonds is 8. The molecule has 0 rings (SSSR count). The Morgan fingerprint density at radius 1 is 1.00 bits per heavy atom. The van der Waals surface area contributed by atoms with Crippen LogP contribution < -0.4 is 5.32 Å². The number of hydrogen-bond acceptors (Lipinski definition) is 2. The van der Waals surface area contributed by atoms with Crippen molar-refractivity contribution >= 4 is 0 Å². The minimum atomic E-state index is 0.293. The molecule has 0 aliphatic carbocycles. The second kappa shape index (κ2) is 7.49. The summed E-state index contributed by atoms with van der Waals surface area (Å²) in [4.78, 5) is 2.43. The highest BCUT2D eigenvalue weighted by Gasteiger charge is 2.37. The predicted octanol–water partition coefficient (Wildman–Crippen LogP) is 3.91. The summed E-state index contributed by atoms with van der Waals surface area (Å²) in [6.45, 7) is 14.9. The van der Waals surface area contributed by atoms with Crippen LogP contribution in [0.15, 0.2) is 0 Å². The molecule has 2 nitrogen and oxygen atoms in total. The van der Waals surface area contributed by atoms with Gasteiger partial charge in [-0.2, -0.15) is 0 Å². The van der Waals surface area contributed by atoms with Crippen molar-refractivity contribution in [1.29, 1.82) is 0 Å². The molecule has 0 saturated carbocycles. The smallest absolute Gasteiger partial charge is 0.0351 e. The molecule has 0 heterocycles. The van der Waals surface area contributed by atoms with E-state index in [9.17, 15) is 0 Å². The molecule has 1 unspecified atom stereocenters. The molecule has 0 spiro atoms. The summed E-state index contributed by atoms with van der Waals surface area (Å²) >= 11 is 0. The van der Waals surface area contributed by atoms with Gasteiger partial charge in [0, 0.05) is 11.6 Å². The van der Waals surface area contributed by atoms with Crippen LogP contribution in [0.4, 0.5) is 0 Å². The summed E-state index contributed by atoms with van der Waals surface area (Å²) in [5.74, 6) is 0. The van der Waals surface area contributed by atoms with Crippen molar-refractivity contribution in [3.8, 4) is 0 Å². The second-order valence-corrected chi connectivity index (χ2v) is 6.91. The zero-order valence-corrected chi connectivity index (χ0v) is 14.1. The van der Waals surface area contributed by atoms with Gasteiger partial charge in [0.15, 0.2) is 0 Å². The summed E-state index contributed by atoms with van der Waals surface area (Å²) in [6.07, 6.45) is 4.95. The van der Waals surface area contributed by atoms with Gasteiger partial charge in [0.1, 0.15) is 0 Å². The van der Waals surface area contributed by atoms with Gasteiger partial charge in [-0.05, 0) is 51.7 Å². The van der Waals surface area contributed by atoms with Gasteiger partial charge < -0.3 is 10.2 Å². The molecule has 1 atom stereocenters. The first kappa shape index (κ1) is 17.9. The van der Waals surface area contributed by atoms with Crippen LogP contribution in [0.3, 0.4) is 0 Å². The maximum Gasteiger partial charge on any atom is 0.0351 e. The van der Waals surface area contributed by atoms with Gasteiger partial charge in [0.25, 0.3) is 0 Å². The van der Waals surface area contributed by atoms with Crippen LogP contribution in [0.1, 0.15) is 67.2 Å². The lowest BCUT2D eigenvalue weighted by Crippen LogP contribution is -2.58. The number of nitrogens with zero attached hydrogens (tertiary/aromatic N) is 1. The third-order valence-corrected chi connectivity index (χ3v) is 4.40. The van der Waals surface area contributed by atoms with Crippen molar-refractivity contribution in [3.63, 3.8) is 0 Å². The van der Waals surface area contributed by atoms with E-state index in [4.69, 9.17) is 0 Å². The van der Waals surface area contributed by atoms with E-state index in [1.165, 1.54) is 25.7 Å². The van der Waals surface area contributed by atoms with Crippen LogP contribution in [0.5, 0.6) is 0 Å². The summed E-state index contributed by atoms with van der Waals surface area (Å²) in [6, 6.07) is 0.590. The zero-order valence-electron chi connectivity index (χ0n) is 14.1. The molecule has 18 heavy (non-hydrogen) atoms. The van der Waals surface area contributed by atoms with Gasteiger partial charge in [0.2, 0.25) is 0 Å². The maximum atomic E-state index is 3.74. The average Bonchev–Trinajstić information content (AvgIpc) is 2.26. The van der Waals surface area contributed by atoms with Crippen molar-refractivity contribution in [2.45, 2.75) is 78.8 Å². The Morgan fingerprint density at radius 2 is 1.50 bits per heavy atom. The Morgan fingerprint density at radius 3 is 1.78 bits per heavy atom. The Labute approximate surface area is 116 Å². The summed E-state index contributed by atoms with van der Waals surface area (Å²) in [7, 11) is 4.46. The van der Waals surface area contributed by atoms with Crippen molar-refractivity contribution < 1.29 is 0 Å². The van der Waals surface area contributed by atoms with Crippen LogP contribution in [0.25, 0.3) is 0 Å². The van der Waals surface area contributed by atoms with Gasteiger partial charge in [-0.15, -0.1) is 0 Å². The highest BCUT2D eigenvalue weighted by molar-refractivity contribution is 4.97. The third-order valence-electron chi connectivity index (χ3n) is 4.40. The van der Waals surface area contributed by atoms with E-state index in [0.29, 0.717) is 17.0 Å². The molecule has 0 aliphatic heterocycles. The molecule has 0 bridgehead atoms. The second-order valence-electron chi connectivity index (χ2n) is 6.91. The Kier molecular flexibility index (Phi) is 7.46. The number of likely N-dealkylation sites (N-methyl/N-ethyl adjacent to an activating group) is 2. The first-order valence-electron chi connectivity index (χ1n) is 7.64. The van der Waals surface area contributed by atoms with Crippen LogP contribution in [0, 0.1) is 5.41 Å². The molecule has 0 aliphatic rings. The summed E-state index contributed by atoms with van der Waals surface area (Å²) in [5.41, 5.74) is 0.717. The zero-order chi connectivity index (χ0) is 14.4. The summed E-state index contributed by atoms with van der Waals surface area (Å²) < 4.78 is 0. The highest BCUT2D eigenvalue weighted by Crippen LogP contribution is 2.31. The van der Waals surface area contributed by atoms with E-state index >= 15 is 0 Å². The highest BCUT2D eigenvalue weighted by atomic mass is 15.2. The number of nitrogens with one attached hydrogen (secondary N) is 1. The first-order valence-corrected chi connectivity index (χ1v) is 7.64. The fourth-order valence-electron chi connectivity index (χ4n) is 3.07. The van der Waals surface area contributed by atoms with Gasteiger partial charge in [-0.3, -0.25) is 0 Å². The van der Waals surface area contributed by atoms with Gasteiger partial charge in [-0.25, -0.2) is 0 Å². The third kappa shape index (κ3) is 4.89. The van der Waals surface area contributed by atoms with E-state index < -0.39 is 0 Å². The van der Waals surface area contributed by atoms with E-state index in [0.717, 1.165) is 6.54 Å². The summed E-state index contributed by atoms with van der Waals surface area (Å²) in [5, 5.41) is 3.74. The maximum absolute atomic E-state index is 3.74. The molecule has 1 N–H and O–H groups in total. The van der Waals surface area contributed by atoms with Gasteiger partial charge in [-0.1, -0.05) is 41.5 Å². The van der Waals surface area contributed by atoms with Crippen LogP contribution in [-0.4, -0.2) is 37.1 Å². The topological polar surface area (TPSA) is 15.3 Å². The first-order chi connectivity index (χ1) is 8.23. The monoisotopic (exact) mass is 256 g/mol. The van der Waals surface area contributed by atoms with Crippen LogP contribution >= 0.6 is 0 Å². The minimum Gasteiger partial charge on any atom is -0.312 e. The molecule has 0 radical (unpaired) electrons. The standard InChI is InChI=1S/C16H36N2/c1-9-16(10-2,18(7)8)14(17-11-3)12-13-15(4,5)6/h14,17H,9-13H2,1-8H3. The molecular formula is C16H36N2. The number of hydrogen-bond donors (Lipinski definition) is 1. The van der Waals surface area contributed by atoms with E-state index in [1.807, 2.05) is 0 Å². The fourth-order valence-corrected chi connectivity index (χ4v) is 3.07. The molecule has 0 aromatic heterocycles. The minimum absolute atomic E-state index is 0.293. The quantitative estimate of drug-likeness (QED) is 0.708. The van der Waals surface area contributed by atoms with Crippen molar-refractivity contribution in [2.75, 3.05) is 20.6 Å². The lowest BCUT2D eigenvalue weighted by molar-refractivity contribution is 0.0789. The van der Waals surface area contributed by atoms with Crippen LogP contribution in [0.2, 0.25) is 0 Å². The lowest BCUT2D eigenvalue weighted by Gasteiger charge is -2.46. The molecule has 110 valence electrons. The molecular weight excluding hydrogens is 220 g/mol. The lowest BCUT2D eigenvalue weighted by atomic mass is 9.78. The van der Waals surface area contributed by atoms with Gasteiger partial charge in [0.05, 0.1) is 0 Å². The molecule has 0 aromatic carbocycles. The molecule has 0 saturated heterocycles. The molecule has 0 aromatic rings. The van der Waals surface area contributed by atoms with E-state index in [2.05, 4.69) is 65.9 Å². The fraction of sp³-hybridized carbons (Fsp3) is 1.00.